The number of para-hydroxylation sites is 2. The summed E-state index contributed by atoms with van der Waals surface area (Å²) < 4.78 is 7.78. The molecule has 1 aromatic heterocycles. The highest BCUT2D eigenvalue weighted by molar-refractivity contribution is 5.75. The molecule has 4 heteroatoms. The minimum atomic E-state index is 0.182. The van der Waals surface area contributed by atoms with E-state index in [4.69, 9.17) is 15.5 Å². The minimum Gasteiger partial charge on any atom is -0.381 e. The Bertz CT molecular complexity index is 587. The highest BCUT2D eigenvalue weighted by atomic mass is 16.5. The maximum absolute atomic E-state index is 6.46. The van der Waals surface area contributed by atoms with Gasteiger partial charge in [0.2, 0.25) is 0 Å². The largest absolute Gasteiger partial charge is 0.381 e. The van der Waals surface area contributed by atoms with E-state index in [1.165, 1.54) is 5.52 Å². The van der Waals surface area contributed by atoms with Crippen molar-refractivity contribution >= 4 is 11.0 Å². The van der Waals surface area contributed by atoms with E-state index in [1.807, 2.05) is 6.07 Å². The van der Waals surface area contributed by atoms with Gasteiger partial charge in [0.1, 0.15) is 5.82 Å². The number of hydrogen-bond acceptors (Lipinski definition) is 3. The van der Waals surface area contributed by atoms with Gasteiger partial charge in [-0.1, -0.05) is 19.1 Å². The van der Waals surface area contributed by atoms with Crippen LogP contribution in [0.1, 0.15) is 32.0 Å². The smallest absolute Gasteiger partial charge is 0.111 e. The molecule has 0 radical (unpaired) electrons. The summed E-state index contributed by atoms with van der Waals surface area (Å²) in [5.41, 5.74) is 8.77. The third kappa shape index (κ3) is 3.11. The minimum absolute atomic E-state index is 0.182. The van der Waals surface area contributed by atoms with Gasteiger partial charge in [0.15, 0.2) is 0 Å². The molecular formula is C17H25N3O. The molecule has 0 saturated carbocycles. The SMILES string of the molecule is CCCn1c(CC(N)C2CCOCC2)nc2ccccc21. The Kier molecular flexibility index (Phi) is 4.56. The number of rotatable bonds is 5. The van der Waals surface area contributed by atoms with Gasteiger partial charge in [0.05, 0.1) is 11.0 Å². The third-order valence-corrected chi connectivity index (χ3v) is 4.47. The molecule has 1 aromatic carbocycles. The first-order valence-electron chi connectivity index (χ1n) is 8.07. The van der Waals surface area contributed by atoms with Crippen LogP contribution in [0.4, 0.5) is 0 Å². The molecule has 2 aromatic rings. The Morgan fingerprint density at radius 2 is 2.10 bits per heavy atom. The Hall–Kier alpha value is -1.39. The Balaban J connectivity index is 1.83. The molecule has 0 spiro atoms. The zero-order valence-electron chi connectivity index (χ0n) is 12.8. The van der Waals surface area contributed by atoms with Crippen molar-refractivity contribution in [2.45, 2.75) is 45.2 Å². The molecule has 1 atom stereocenters. The third-order valence-electron chi connectivity index (χ3n) is 4.47. The molecule has 1 saturated heterocycles. The summed E-state index contributed by atoms with van der Waals surface area (Å²) in [5, 5.41) is 0. The lowest BCUT2D eigenvalue weighted by Gasteiger charge is -2.27. The molecule has 4 nitrogen and oxygen atoms in total. The topological polar surface area (TPSA) is 53.1 Å². The lowest BCUT2D eigenvalue weighted by Crippen LogP contribution is -2.36. The van der Waals surface area contributed by atoms with Crippen LogP contribution < -0.4 is 5.73 Å². The Morgan fingerprint density at radius 1 is 1.33 bits per heavy atom. The molecule has 0 bridgehead atoms. The van der Waals surface area contributed by atoms with Crippen molar-refractivity contribution in [2.75, 3.05) is 13.2 Å². The first-order valence-corrected chi connectivity index (χ1v) is 8.07. The number of nitrogens with two attached hydrogens (primary N) is 1. The summed E-state index contributed by atoms with van der Waals surface area (Å²) in [4.78, 5) is 4.82. The molecule has 1 unspecified atom stereocenters. The van der Waals surface area contributed by atoms with Crippen molar-refractivity contribution in [1.82, 2.24) is 9.55 Å². The second-order valence-electron chi connectivity index (χ2n) is 5.99. The monoisotopic (exact) mass is 287 g/mol. The summed E-state index contributed by atoms with van der Waals surface area (Å²) in [6.07, 6.45) is 4.13. The van der Waals surface area contributed by atoms with Gasteiger partial charge in [-0.3, -0.25) is 0 Å². The molecule has 1 aliphatic rings. The number of benzene rings is 1. The Labute approximate surface area is 126 Å². The van der Waals surface area contributed by atoms with Gasteiger partial charge in [-0.05, 0) is 37.3 Å². The summed E-state index contributed by atoms with van der Waals surface area (Å²) in [7, 11) is 0. The van der Waals surface area contributed by atoms with E-state index in [1.54, 1.807) is 0 Å². The van der Waals surface area contributed by atoms with Crippen LogP contribution >= 0.6 is 0 Å². The van der Waals surface area contributed by atoms with Crippen LogP contribution in [0.15, 0.2) is 24.3 Å². The molecule has 1 aliphatic heterocycles. The lowest BCUT2D eigenvalue weighted by molar-refractivity contribution is 0.0582. The van der Waals surface area contributed by atoms with Gasteiger partial charge in [-0.25, -0.2) is 4.98 Å². The highest BCUT2D eigenvalue weighted by Crippen LogP contribution is 2.22. The van der Waals surface area contributed by atoms with Crippen LogP contribution in [0.25, 0.3) is 11.0 Å². The molecule has 2 heterocycles. The Morgan fingerprint density at radius 3 is 2.86 bits per heavy atom. The van der Waals surface area contributed by atoms with E-state index in [0.29, 0.717) is 5.92 Å². The predicted molar refractivity (Wildman–Crippen MR) is 85.2 cm³/mol. The number of ether oxygens (including phenoxy) is 1. The summed E-state index contributed by atoms with van der Waals surface area (Å²) in [6, 6.07) is 8.56. The fourth-order valence-electron chi connectivity index (χ4n) is 3.28. The average Bonchev–Trinajstić information content (AvgIpc) is 2.86. The van der Waals surface area contributed by atoms with E-state index in [2.05, 4.69) is 29.7 Å². The number of imidazole rings is 1. The van der Waals surface area contributed by atoms with E-state index in [0.717, 1.165) is 56.8 Å². The van der Waals surface area contributed by atoms with E-state index >= 15 is 0 Å². The van der Waals surface area contributed by atoms with Crippen LogP contribution in [-0.4, -0.2) is 28.8 Å². The van der Waals surface area contributed by atoms with Crippen molar-refractivity contribution in [3.05, 3.63) is 30.1 Å². The van der Waals surface area contributed by atoms with Gasteiger partial charge < -0.3 is 15.0 Å². The number of fused-ring (bicyclic) bond motifs is 1. The van der Waals surface area contributed by atoms with E-state index < -0.39 is 0 Å². The molecule has 0 amide bonds. The maximum atomic E-state index is 6.46. The molecule has 21 heavy (non-hydrogen) atoms. The number of aromatic nitrogens is 2. The first kappa shape index (κ1) is 14.5. The fraction of sp³-hybridized carbons (Fsp3) is 0.588. The number of hydrogen-bond donors (Lipinski definition) is 1. The highest BCUT2D eigenvalue weighted by Gasteiger charge is 2.23. The standard InChI is InChI=1S/C17H25N3O/c1-2-9-20-16-6-4-3-5-15(16)19-17(20)12-14(18)13-7-10-21-11-8-13/h3-6,13-14H,2,7-12,18H2,1H3. The van der Waals surface area contributed by atoms with Crippen LogP contribution in [0.5, 0.6) is 0 Å². The average molecular weight is 287 g/mol. The predicted octanol–water partition coefficient (Wildman–Crippen LogP) is 2.74. The lowest BCUT2D eigenvalue weighted by atomic mass is 9.90. The van der Waals surface area contributed by atoms with Gasteiger partial charge in [-0.2, -0.15) is 0 Å². The zero-order valence-corrected chi connectivity index (χ0v) is 12.8. The molecule has 1 fully saturated rings. The first-order chi connectivity index (χ1) is 10.3. The van der Waals surface area contributed by atoms with Crippen molar-refractivity contribution in [3.8, 4) is 0 Å². The fourth-order valence-corrected chi connectivity index (χ4v) is 3.28. The number of aryl methyl sites for hydroxylation is 1. The van der Waals surface area contributed by atoms with E-state index in [9.17, 15) is 0 Å². The second kappa shape index (κ2) is 6.58. The van der Waals surface area contributed by atoms with E-state index in [-0.39, 0.29) is 6.04 Å². The number of nitrogens with zero attached hydrogens (tertiary/aromatic N) is 2. The normalized spacial score (nSPS) is 18.2. The van der Waals surface area contributed by atoms with Crippen LogP contribution in [0.2, 0.25) is 0 Å². The van der Waals surface area contributed by atoms with Gasteiger partial charge >= 0.3 is 0 Å². The summed E-state index contributed by atoms with van der Waals surface area (Å²) in [5.74, 6) is 1.70. The van der Waals surface area contributed by atoms with Crippen molar-refractivity contribution in [3.63, 3.8) is 0 Å². The molecular weight excluding hydrogens is 262 g/mol. The maximum Gasteiger partial charge on any atom is 0.111 e. The summed E-state index contributed by atoms with van der Waals surface area (Å²) in [6.45, 7) is 4.92. The molecule has 114 valence electrons. The molecule has 2 N–H and O–H groups in total. The molecule has 3 rings (SSSR count). The van der Waals surface area contributed by atoms with Gasteiger partial charge in [0, 0.05) is 32.2 Å². The van der Waals surface area contributed by atoms with Crippen LogP contribution in [0, 0.1) is 5.92 Å². The molecule has 0 aliphatic carbocycles. The van der Waals surface area contributed by atoms with Crippen molar-refractivity contribution in [2.24, 2.45) is 11.7 Å². The van der Waals surface area contributed by atoms with Crippen molar-refractivity contribution < 1.29 is 4.74 Å². The second-order valence-corrected chi connectivity index (χ2v) is 5.99. The van der Waals surface area contributed by atoms with Crippen LogP contribution in [0.3, 0.4) is 0 Å². The van der Waals surface area contributed by atoms with Gasteiger partial charge in [-0.15, -0.1) is 0 Å². The summed E-state index contributed by atoms with van der Waals surface area (Å²) >= 11 is 0. The quantitative estimate of drug-likeness (QED) is 0.920. The van der Waals surface area contributed by atoms with Crippen molar-refractivity contribution in [1.29, 1.82) is 0 Å². The van der Waals surface area contributed by atoms with Gasteiger partial charge in [0.25, 0.3) is 0 Å². The zero-order chi connectivity index (χ0) is 14.7. The van der Waals surface area contributed by atoms with Crippen LogP contribution in [-0.2, 0) is 17.7 Å².